The molecule has 0 saturated heterocycles. The molecule has 0 spiro atoms. The lowest BCUT2D eigenvalue weighted by molar-refractivity contribution is -0.121. The summed E-state index contributed by atoms with van der Waals surface area (Å²) in [4.78, 5) is 16.1. The first-order valence-corrected chi connectivity index (χ1v) is 8.76. The second kappa shape index (κ2) is 10.2. The maximum atomic E-state index is 11.8. The highest BCUT2D eigenvalue weighted by atomic mass is 35.5. The molecule has 0 saturated carbocycles. The molecule has 0 unspecified atom stereocenters. The highest BCUT2D eigenvalue weighted by molar-refractivity contribution is 6.31. The summed E-state index contributed by atoms with van der Waals surface area (Å²) in [6.45, 7) is 9.47. The first-order valence-electron chi connectivity index (χ1n) is 8.38. The molecule has 0 aliphatic heterocycles. The van der Waals surface area contributed by atoms with Crippen LogP contribution in [-0.2, 0) is 11.2 Å². The molecule has 5 nitrogen and oxygen atoms in total. The molecule has 6 heteroatoms. The fraction of sp³-hybridized carbons (Fsp3) is 0.556. The standard InChI is InChI=1S/C18H29ClN4O/c1-5-20-17(22-13-16(24)23-18(2,3)4)21-12-8-10-14-9-6-7-11-15(14)19/h6-7,9,11H,5,8,10,12-13H2,1-4H3,(H,23,24)(H2,20,21,22). The lowest BCUT2D eigenvalue weighted by Crippen LogP contribution is -2.43. The number of carbonyl (C=O) groups excluding carboxylic acids is 1. The molecule has 0 aliphatic carbocycles. The molecule has 0 aromatic heterocycles. The average Bonchev–Trinajstić information content (AvgIpc) is 2.49. The molecule has 0 radical (unpaired) electrons. The van der Waals surface area contributed by atoms with Crippen molar-refractivity contribution >= 4 is 23.5 Å². The second-order valence-electron chi connectivity index (χ2n) is 6.62. The van der Waals surface area contributed by atoms with Crippen molar-refractivity contribution in [1.29, 1.82) is 0 Å². The van der Waals surface area contributed by atoms with Crippen molar-refractivity contribution < 1.29 is 4.79 Å². The zero-order valence-electron chi connectivity index (χ0n) is 15.1. The molecule has 0 aliphatic rings. The Labute approximate surface area is 150 Å². The number of amides is 1. The Bertz CT molecular complexity index is 552. The molecule has 0 heterocycles. The number of rotatable bonds is 7. The molecule has 1 amide bonds. The number of carbonyl (C=O) groups is 1. The first-order chi connectivity index (χ1) is 11.3. The van der Waals surface area contributed by atoms with Crippen molar-refractivity contribution in [1.82, 2.24) is 16.0 Å². The van der Waals surface area contributed by atoms with Crippen LogP contribution in [0.2, 0.25) is 5.02 Å². The van der Waals surface area contributed by atoms with Gasteiger partial charge in [0.25, 0.3) is 0 Å². The summed E-state index contributed by atoms with van der Waals surface area (Å²) in [5.74, 6) is 0.566. The van der Waals surface area contributed by atoms with Gasteiger partial charge in [0.05, 0.1) is 0 Å². The Morgan fingerprint density at radius 2 is 1.92 bits per heavy atom. The fourth-order valence-electron chi connectivity index (χ4n) is 2.14. The lowest BCUT2D eigenvalue weighted by Gasteiger charge is -2.20. The number of benzene rings is 1. The summed E-state index contributed by atoms with van der Waals surface area (Å²) in [5, 5.41) is 10.1. The van der Waals surface area contributed by atoms with Crippen LogP contribution in [0.15, 0.2) is 29.3 Å². The zero-order valence-corrected chi connectivity index (χ0v) is 15.8. The van der Waals surface area contributed by atoms with E-state index >= 15 is 0 Å². The minimum atomic E-state index is -0.243. The lowest BCUT2D eigenvalue weighted by atomic mass is 10.1. The number of aliphatic imine (C=N–C) groups is 1. The van der Waals surface area contributed by atoms with Crippen LogP contribution in [0.4, 0.5) is 0 Å². The Morgan fingerprint density at radius 1 is 1.21 bits per heavy atom. The Hall–Kier alpha value is -1.75. The van der Waals surface area contributed by atoms with Gasteiger partial charge in [0.15, 0.2) is 5.96 Å². The number of halogens is 1. The summed E-state index contributed by atoms with van der Waals surface area (Å²) >= 11 is 6.15. The molecule has 1 aromatic rings. The number of hydrogen-bond acceptors (Lipinski definition) is 2. The van der Waals surface area contributed by atoms with Gasteiger partial charge in [-0.2, -0.15) is 0 Å². The topological polar surface area (TPSA) is 65.5 Å². The Morgan fingerprint density at radius 3 is 2.54 bits per heavy atom. The van der Waals surface area contributed by atoms with E-state index in [1.54, 1.807) is 0 Å². The van der Waals surface area contributed by atoms with Crippen molar-refractivity contribution in [2.75, 3.05) is 19.6 Å². The van der Waals surface area contributed by atoms with Crippen molar-refractivity contribution in [2.24, 2.45) is 4.99 Å². The minimum absolute atomic E-state index is 0.0872. The van der Waals surface area contributed by atoms with Crippen LogP contribution in [0, 0.1) is 0 Å². The monoisotopic (exact) mass is 352 g/mol. The molecular weight excluding hydrogens is 324 g/mol. The van der Waals surface area contributed by atoms with Crippen molar-refractivity contribution in [3.63, 3.8) is 0 Å². The summed E-state index contributed by atoms with van der Waals surface area (Å²) in [7, 11) is 0. The predicted molar refractivity (Wildman–Crippen MR) is 102 cm³/mol. The van der Waals surface area contributed by atoms with E-state index in [-0.39, 0.29) is 18.0 Å². The maximum absolute atomic E-state index is 11.8. The minimum Gasteiger partial charge on any atom is -0.357 e. The van der Waals surface area contributed by atoms with Gasteiger partial charge in [0, 0.05) is 23.7 Å². The van der Waals surface area contributed by atoms with Gasteiger partial charge in [-0.25, -0.2) is 4.99 Å². The van der Waals surface area contributed by atoms with Crippen molar-refractivity contribution in [3.8, 4) is 0 Å². The third-order valence-corrected chi connectivity index (χ3v) is 3.48. The van der Waals surface area contributed by atoms with E-state index in [2.05, 4.69) is 20.9 Å². The molecule has 0 bridgehead atoms. The van der Waals surface area contributed by atoms with E-state index in [0.29, 0.717) is 5.96 Å². The van der Waals surface area contributed by atoms with Gasteiger partial charge in [0.1, 0.15) is 6.54 Å². The van der Waals surface area contributed by atoms with E-state index in [0.717, 1.165) is 36.5 Å². The van der Waals surface area contributed by atoms with E-state index in [1.165, 1.54) is 0 Å². The maximum Gasteiger partial charge on any atom is 0.242 e. The number of aryl methyl sites for hydroxylation is 1. The van der Waals surface area contributed by atoms with Crippen molar-refractivity contribution in [2.45, 2.75) is 46.1 Å². The van der Waals surface area contributed by atoms with Gasteiger partial charge in [0.2, 0.25) is 5.91 Å². The largest absolute Gasteiger partial charge is 0.357 e. The number of nitrogens with one attached hydrogen (secondary N) is 3. The smallest absolute Gasteiger partial charge is 0.242 e. The predicted octanol–water partition coefficient (Wildman–Crippen LogP) is 2.74. The van der Waals surface area contributed by atoms with Crippen LogP contribution in [0.1, 0.15) is 39.7 Å². The highest BCUT2D eigenvalue weighted by Crippen LogP contribution is 2.16. The third-order valence-electron chi connectivity index (χ3n) is 3.11. The van der Waals surface area contributed by atoms with E-state index < -0.39 is 0 Å². The van der Waals surface area contributed by atoms with Crippen LogP contribution in [0.25, 0.3) is 0 Å². The summed E-state index contributed by atoms with van der Waals surface area (Å²) in [6.07, 6.45) is 1.83. The molecule has 24 heavy (non-hydrogen) atoms. The SMILES string of the molecule is CCNC(=NCC(=O)NC(C)(C)C)NCCCc1ccccc1Cl. The molecule has 0 atom stereocenters. The Kier molecular flexibility index (Phi) is 8.61. The second-order valence-corrected chi connectivity index (χ2v) is 7.02. The number of nitrogens with zero attached hydrogens (tertiary/aromatic N) is 1. The van der Waals surface area contributed by atoms with Crippen LogP contribution in [-0.4, -0.2) is 37.0 Å². The van der Waals surface area contributed by atoms with Crippen LogP contribution >= 0.6 is 11.6 Å². The summed E-state index contributed by atoms with van der Waals surface area (Å²) in [5.41, 5.74) is 0.903. The van der Waals surface area contributed by atoms with Gasteiger partial charge in [-0.15, -0.1) is 0 Å². The van der Waals surface area contributed by atoms with E-state index in [4.69, 9.17) is 11.6 Å². The van der Waals surface area contributed by atoms with Gasteiger partial charge >= 0.3 is 0 Å². The number of guanidine groups is 1. The van der Waals surface area contributed by atoms with Crippen LogP contribution in [0.3, 0.4) is 0 Å². The summed E-state index contributed by atoms with van der Waals surface area (Å²) in [6, 6.07) is 7.87. The van der Waals surface area contributed by atoms with Crippen LogP contribution in [0.5, 0.6) is 0 Å². The third kappa shape index (κ3) is 8.77. The molecular formula is C18H29ClN4O. The van der Waals surface area contributed by atoms with E-state index in [9.17, 15) is 4.79 Å². The molecule has 134 valence electrons. The number of hydrogen-bond donors (Lipinski definition) is 3. The fourth-order valence-corrected chi connectivity index (χ4v) is 2.37. The van der Waals surface area contributed by atoms with Crippen molar-refractivity contribution in [3.05, 3.63) is 34.9 Å². The highest BCUT2D eigenvalue weighted by Gasteiger charge is 2.13. The van der Waals surface area contributed by atoms with Gasteiger partial charge < -0.3 is 16.0 Å². The van der Waals surface area contributed by atoms with Gasteiger partial charge in [-0.3, -0.25) is 4.79 Å². The molecule has 1 aromatic carbocycles. The molecule has 1 rings (SSSR count). The first kappa shape index (κ1) is 20.3. The van der Waals surface area contributed by atoms with Gasteiger partial charge in [-0.05, 0) is 52.2 Å². The average molecular weight is 353 g/mol. The quantitative estimate of drug-likeness (QED) is 0.401. The van der Waals surface area contributed by atoms with Crippen LogP contribution < -0.4 is 16.0 Å². The normalized spacial score (nSPS) is 12.0. The molecule has 3 N–H and O–H groups in total. The Balaban J connectivity index is 2.41. The zero-order chi connectivity index (χ0) is 18.0. The van der Waals surface area contributed by atoms with Gasteiger partial charge in [-0.1, -0.05) is 29.8 Å². The summed E-state index contributed by atoms with van der Waals surface area (Å²) < 4.78 is 0. The molecule has 0 fully saturated rings. The van der Waals surface area contributed by atoms with E-state index in [1.807, 2.05) is 52.0 Å².